The minimum Gasteiger partial charge on any atom is -0.396 e. The molecule has 1 saturated heterocycles. The number of aliphatic hydroxyl groups is 1. The van der Waals surface area contributed by atoms with E-state index in [1.54, 1.807) is 0 Å². The summed E-state index contributed by atoms with van der Waals surface area (Å²) in [5, 5.41) is 17.8. The number of rotatable bonds is 4. The Morgan fingerprint density at radius 2 is 2.00 bits per heavy atom. The molecule has 0 aliphatic carbocycles. The van der Waals surface area contributed by atoms with Gasteiger partial charge in [-0.25, -0.2) is 8.42 Å². The van der Waals surface area contributed by atoms with E-state index in [2.05, 4.69) is 0 Å². The summed E-state index contributed by atoms with van der Waals surface area (Å²) in [5.41, 5.74) is 0.439. The molecule has 0 bridgehead atoms. The summed E-state index contributed by atoms with van der Waals surface area (Å²) in [5.74, 6) is 0. The average molecular weight is 294 g/mol. The fraction of sp³-hybridized carbons (Fsp3) is 0.500. The molecule has 1 aromatic carbocycles. The van der Waals surface area contributed by atoms with Crippen molar-refractivity contribution in [2.75, 3.05) is 13.2 Å². The standard InChI is InChI=1S/C14H18N2O3S/c15-11-12-4-6-14(7-5-12)20(18,19)16-9-2-1-3-13(16)8-10-17/h4-7,13,17H,1-3,8-10H2. The van der Waals surface area contributed by atoms with Crippen LogP contribution >= 0.6 is 0 Å². The first-order valence-electron chi connectivity index (χ1n) is 6.72. The summed E-state index contributed by atoms with van der Waals surface area (Å²) in [7, 11) is -3.55. The van der Waals surface area contributed by atoms with Crippen molar-refractivity contribution in [1.82, 2.24) is 4.31 Å². The van der Waals surface area contributed by atoms with Crippen molar-refractivity contribution in [3.05, 3.63) is 29.8 Å². The van der Waals surface area contributed by atoms with Crippen LogP contribution in [0, 0.1) is 11.3 Å². The molecule has 0 saturated carbocycles. The topological polar surface area (TPSA) is 81.4 Å². The number of hydrogen-bond acceptors (Lipinski definition) is 4. The number of benzene rings is 1. The Bertz CT molecular complexity index is 588. The van der Waals surface area contributed by atoms with E-state index in [9.17, 15) is 8.42 Å². The molecule has 0 aromatic heterocycles. The van der Waals surface area contributed by atoms with Crippen molar-refractivity contribution in [1.29, 1.82) is 5.26 Å². The van der Waals surface area contributed by atoms with E-state index in [0.29, 0.717) is 18.5 Å². The molecule has 1 heterocycles. The molecule has 1 fully saturated rings. The summed E-state index contributed by atoms with van der Waals surface area (Å²) in [6, 6.07) is 7.81. The molecular weight excluding hydrogens is 276 g/mol. The molecule has 0 radical (unpaired) electrons. The van der Waals surface area contributed by atoms with Crippen LogP contribution in [0.2, 0.25) is 0 Å². The highest BCUT2D eigenvalue weighted by Crippen LogP contribution is 2.27. The normalized spacial score (nSPS) is 20.5. The summed E-state index contributed by atoms with van der Waals surface area (Å²) in [4.78, 5) is 0.210. The van der Waals surface area contributed by atoms with Crippen LogP contribution in [0.15, 0.2) is 29.2 Å². The maximum Gasteiger partial charge on any atom is 0.243 e. The third-order valence-corrected chi connectivity index (χ3v) is 5.59. The molecule has 0 amide bonds. The van der Waals surface area contributed by atoms with Gasteiger partial charge in [-0.2, -0.15) is 9.57 Å². The lowest BCUT2D eigenvalue weighted by atomic mass is 10.0. The minimum absolute atomic E-state index is 0.00986. The molecule has 108 valence electrons. The van der Waals surface area contributed by atoms with Crippen LogP contribution in [0.3, 0.4) is 0 Å². The number of aliphatic hydroxyl groups excluding tert-OH is 1. The zero-order chi connectivity index (χ0) is 14.6. The zero-order valence-corrected chi connectivity index (χ0v) is 12.0. The number of nitriles is 1. The Morgan fingerprint density at radius 3 is 2.60 bits per heavy atom. The van der Waals surface area contributed by atoms with Gasteiger partial charge in [0.1, 0.15) is 0 Å². The Labute approximate surface area is 119 Å². The number of nitrogens with zero attached hydrogens (tertiary/aromatic N) is 2. The monoisotopic (exact) mass is 294 g/mol. The van der Waals surface area contributed by atoms with E-state index in [1.165, 1.54) is 28.6 Å². The molecule has 2 rings (SSSR count). The van der Waals surface area contributed by atoms with Gasteiger partial charge in [-0.1, -0.05) is 6.42 Å². The second-order valence-electron chi connectivity index (χ2n) is 4.91. The van der Waals surface area contributed by atoms with Crippen LogP contribution < -0.4 is 0 Å². The predicted octanol–water partition coefficient (Wildman–Crippen LogP) is 1.48. The van der Waals surface area contributed by atoms with Crippen molar-refractivity contribution in [3.63, 3.8) is 0 Å². The molecule has 1 unspecified atom stereocenters. The lowest BCUT2D eigenvalue weighted by molar-refractivity contribution is 0.192. The van der Waals surface area contributed by atoms with Crippen LogP contribution in [0.5, 0.6) is 0 Å². The Kier molecular flexibility index (Phi) is 4.76. The molecule has 0 spiro atoms. The van der Waals surface area contributed by atoms with E-state index >= 15 is 0 Å². The van der Waals surface area contributed by atoms with Crippen molar-refractivity contribution in [2.24, 2.45) is 0 Å². The van der Waals surface area contributed by atoms with Crippen LogP contribution in [-0.2, 0) is 10.0 Å². The summed E-state index contributed by atoms with van der Waals surface area (Å²) >= 11 is 0. The Hall–Kier alpha value is -1.42. The molecule has 1 aliphatic rings. The molecule has 1 aromatic rings. The molecule has 1 atom stereocenters. The summed E-state index contributed by atoms with van der Waals surface area (Å²) < 4.78 is 26.8. The summed E-state index contributed by atoms with van der Waals surface area (Å²) in [6.45, 7) is 0.483. The fourth-order valence-electron chi connectivity index (χ4n) is 2.56. The van der Waals surface area contributed by atoms with Gasteiger partial charge in [-0.3, -0.25) is 0 Å². The first kappa shape index (κ1) is 15.0. The molecule has 5 nitrogen and oxygen atoms in total. The van der Waals surface area contributed by atoms with Gasteiger partial charge in [0.05, 0.1) is 16.5 Å². The van der Waals surface area contributed by atoms with Gasteiger partial charge in [-0.05, 0) is 43.5 Å². The van der Waals surface area contributed by atoms with Gasteiger partial charge in [0.25, 0.3) is 0 Å². The highest BCUT2D eigenvalue weighted by molar-refractivity contribution is 7.89. The van der Waals surface area contributed by atoms with E-state index in [1.807, 2.05) is 6.07 Å². The van der Waals surface area contributed by atoms with Gasteiger partial charge >= 0.3 is 0 Å². The van der Waals surface area contributed by atoms with Crippen molar-refractivity contribution in [2.45, 2.75) is 36.6 Å². The lowest BCUT2D eigenvalue weighted by Gasteiger charge is -2.34. The van der Waals surface area contributed by atoms with E-state index in [0.717, 1.165) is 19.3 Å². The van der Waals surface area contributed by atoms with Gasteiger partial charge < -0.3 is 5.11 Å². The fourth-order valence-corrected chi connectivity index (χ4v) is 4.29. The van der Waals surface area contributed by atoms with Crippen LogP contribution in [0.1, 0.15) is 31.2 Å². The minimum atomic E-state index is -3.55. The lowest BCUT2D eigenvalue weighted by Crippen LogP contribution is -2.44. The van der Waals surface area contributed by atoms with Crippen molar-refractivity contribution in [3.8, 4) is 6.07 Å². The molecule has 1 N–H and O–H groups in total. The molecule has 6 heteroatoms. The Morgan fingerprint density at radius 1 is 1.30 bits per heavy atom. The third kappa shape index (κ3) is 3.01. The number of piperidine rings is 1. The van der Waals surface area contributed by atoms with Crippen molar-refractivity contribution >= 4 is 10.0 Å². The first-order chi connectivity index (χ1) is 9.59. The van der Waals surface area contributed by atoms with Gasteiger partial charge in [-0.15, -0.1) is 0 Å². The SMILES string of the molecule is N#Cc1ccc(S(=O)(=O)N2CCCCC2CCO)cc1. The molecule has 1 aliphatic heterocycles. The largest absolute Gasteiger partial charge is 0.396 e. The summed E-state index contributed by atoms with van der Waals surface area (Å²) in [6.07, 6.45) is 3.09. The second kappa shape index (κ2) is 6.35. The van der Waals surface area contributed by atoms with Crippen LogP contribution in [-0.4, -0.2) is 37.0 Å². The van der Waals surface area contributed by atoms with Crippen LogP contribution in [0.25, 0.3) is 0 Å². The highest BCUT2D eigenvalue weighted by Gasteiger charge is 2.32. The maximum atomic E-state index is 12.6. The predicted molar refractivity (Wildman–Crippen MR) is 74.4 cm³/mol. The Balaban J connectivity index is 2.29. The molecular formula is C14H18N2O3S. The first-order valence-corrected chi connectivity index (χ1v) is 8.16. The quantitative estimate of drug-likeness (QED) is 0.912. The van der Waals surface area contributed by atoms with Crippen molar-refractivity contribution < 1.29 is 13.5 Å². The van der Waals surface area contributed by atoms with E-state index in [4.69, 9.17) is 10.4 Å². The third-order valence-electron chi connectivity index (χ3n) is 3.63. The van der Waals surface area contributed by atoms with Gasteiger partial charge in [0.15, 0.2) is 0 Å². The van der Waals surface area contributed by atoms with Crippen LogP contribution in [0.4, 0.5) is 0 Å². The average Bonchev–Trinajstić information content (AvgIpc) is 2.48. The second-order valence-corrected chi connectivity index (χ2v) is 6.80. The molecule has 20 heavy (non-hydrogen) atoms. The van der Waals surface area contributed by atoms with Gasteiger partial charge in [0, 0.05) is 19.2 Å². The van der Waals surface area contributed by atoms with Gasteiger partial charge in [0.2, 0.25) is 10.0 Å². The number of hydrogen-bond donors (Lipinski definition) is 1. The van der Waals surface area contributed by atoms with E-state index < -0.39 is 10.0 Å². The van der Waals surface area contributed by atoms with E-state index in [-0.39, 0.29) is 17.5 Å². The number of sulfonamides is 1. The smallest absolute Gasteiger partial charge is 0.243 e. The zero-order valence-electron chi connectivity index (χ0n) is 11.2. The highest BCUT2D eigenvalue weighted by atomic mass is 32.2. The maximum absolute atomic E-state index is 12.6.